The first kappa shape index (κ1) is 22.2. The quantitative estimate of drug-likeness (QED) is 0.357. The highest BCUT2D eigenvalue weighted by Crippen LogP contribution is 2.75. The van der Waals surface area contributed by atoms with Gasteiger partial charge in [0.2, 0.25) is 0 Å². The first-order valence-electron chi connectivity index (χ1n) is 13.4. The molecule has 1 heteroatoms. The molecule has 174 valence electrons. The number of hydrogen-bond donors (Lipinski definition) is 0. The summed E-state index contributed by atoms with van der Waals surface area (Å²) < 4.78 is 0. The van der Waals surface area contributed by atoms with Crippen LogP contribution in [0.2, 0.25) is 0 Å². The minimum absolute atomic E-state index is 0.141. The first-order chi connectivity index (χ1) is 14.2. The van der Waals surface area contributed by atoms with Crippen LogP contribution in [0.15, 0.2) is 11.6 Å². The summed E-state index contributed by atoms with van der Waals surface area (Å²) >= 11 is 0. The summed E-state index contributed by atoms with van der Waals surface area (Å²) in [6.45, 7) is 20.1. The number of allylic oxidation sites excluding steroid dienone is 2. The third-order valence-electron chi connectivity index (χ3n) is 12.8. The van der Waals surface area contributed by atoms with E-state index in [9.17, 15) is 4.79 Å². The number of rotatable bonds is 0. The van der Waals surface area contributed by atoms with Crippen molar-refractivity contribution in [3.8, 4) is 0 Å². The Morgan fingerprint density at radius 1 is 0.806 bits per heavy atom. The molecule has 5 aliphatic rings. The van der Waals surface area contributed by atoms with Crippen molar-refractivity contribution in [3.05, 3.63) is 11.6 Å². The maximum atomic E-state index is 12.9. The fraction of sp³-hybridized carbons (Fsp3) is 0.900. The molecule has 5 rings (SSSR count). The zero-order valence-electron chi connectivity index (χ0n) is 21.8. The molecule has 0 spiro atoms. The van der Waals surface area contributed by atoms with Crippen LogP contribution in [0.1, 0.15) is 120 Å². The molecule has 0 aromatic heterocycles. The lowest BCUT2D eigenvalue weighted by Gasteiger charge is -2.70. The Morgan fingerprint density at radius 3 is 2.19 bits per heavy atom. The van der Waals surface area contributed by atoms with Crippen molar-refractivity contribution in [2.24, 2.45) is 50.2 Å². The molecule has 0 aliphatic heterocycles. The number of fused-ring (bicyclic) bond motifs is 7. The van der Waals surface area contributed by atoms with Gasteiger partial charge in [0.25, 0.3) is 0 Å². The van der Waals surface area contributed by atoms with Gasteiger partial charge >= 0.3 is 0 Å². The first-order valence-corrected chi connectivity index (χ1v) is 13.4. The predicted molar refractivity (Wildman–Crippen MR) is 130 cm³/mol. The molecule has 7 atom stereocenters. The van der Waals surface area contributed by atoms with E-state index in [0.29, 0.717) is 38.8 Å². The molecule has 0 aromatic carbocycles. The van der Waals surface area contributed by atoms with Crippen LogP contribution in [-0.4, -0.2) is 5.78 Å². The van der Waals surface area contributed by atoms with E-state index in [2.05, 4.69) is 61.5 Å². The molecular formula is C30H48O. The van der Waals surface area contributed by atoms with E-state index in [1.165, 1.54) is 51.4 Å². The summed E-state index contributed by atoms with van der Waals surface area (Å²) in [6, 6.07) is 0. The fourth-order valence-electron chi connectivity index (χ4n) is 10.3. The largest absolute Gasteiger partial charge is 0.299 e. The number of Topliss-reactive ketones (excluding diaryl/α,β-unsaturated/α-hetero) is 1. The highest BCUT2D eigenvalue weighted by molar-refractivity contribution is 5.85. The second-order valence-electron chi connectivity index (χ2n) is 15.0. The summed E-state index contributed by atoms with van der Waals surface area (Å²) in [4.78, 5) is 12.9. The fourth-order valence-corrected chi connectivity index (χ4v) is 10.3. The molecular weight excluding hydrogens is 376 g/mol. The molecule has 0 radical (unpaired) electrons. The van der Waals surface area contributed by atoms with E-state index in [1.807, 2.05) is 5.57 Å². The third-order valence-corrected chi connectivity index (χ3v) is 12.8. The zero-order chi connectivity index (χ0) is 22.7. The van der Waals surface area contributed by atoms with Gasteiger partial charge in [-0.2, -0.15) is 0 Å². The Morgan fingerprint density at radius 2 is 1.48 bits per heavy atom. The van der Waals surface area contributed by atoms with Crippen molar-refractivity contribution in [3.63, 3.8) is 0 Å². The Kier molecular flexibility index (Phi) is 4.51. The maximum Gasteiger partial charge on any atom is 0.138 e. The van der Waals surface area contributed by atoms with Crippen LogP contribution < -0.4 is 0 Å². The second kappa shape index (κ2) is 6.29. The highest BCUT2D eigenvalue weighted by atomic mass is 16.1. The molecule has 0 unspecified atom stereocenters. The van der Waals surface area contributed by atoms with Gasteiger partial charge in [0.1, 0.15) is 5.78 Å². The number of carbonyl (C=O) groups is 1. The van der Waals surface area contributed by atoms with Crippen molar-refractivity contribution < 1.29 is 4.79 Å². The van der Waals surface area contributed by atoms with E-state index in [4.69, 9.17) is 0 Å². The van der Waals surface area contributed by atoms with Crippen LogP contribution in [0, 0.1) is 50.2 Å². The van der Waals surface area contributed by atoms with Gasteiger partial charge in [0.15, 0.2) is 0 Å². The molecule has 0 amide bonds. The summed E-state index contributed by atoms with van der Waals surface area (Å²) in [6.07, 6.45) is 15.5. The molecule has 0 N–H and O–H groups in total. The molecule has 4 fully saturated rings. The van der Waals surface area contributed by atoms with Crippen LogP contribution in [0.4, 0.5) is 0 Å². The SMILES string of the molecule is CC1(C)CC[C@]2(C)CC[C@]3(C)C(=CC[C@H]4[C@@]5(C)CCC(=O)C(C)(C)[C@@H]5CC[C@@]43C)[C@H]2C1. The average Bonchev–Trinajstić information content (AvgIpc) is 2.67. The molecule has 1 nitrogen and oxygen atoms in total. The van der Waals surface area contributed by atoms with E-state index in [1.54, 1.807) is 0 Å². The second-order valence-corrected chi connectivity index (χ2v) is 15.0. The summed E-state index contributed by atoms with van der Waals surface area (Å²) in [5.41, 5.74) is 3.75. The summed E-state index contributed by atoms with van der Waals surface area (Å²) in [5.74, 6) is 2.58. The minimum Gasteiger partial charge on any atom is -0.299 e. The van der Waals surface area contributed by atoms with E-state index in [-0.39, 0.29) is 5.41 Å². The van der Waals surface area contributed by atoms with Crippen molar-refractivity contribution in [1.29, 1.82) is 0 Å². The van der Waals surface area contributed by atoms with Crippen LogP contribution >= 0.6 is 0 Å². The Labute approximate surface area is 192 Å². The molecule has 31 heavy (non-hydrogen) atoms. The van der Waals surface area contributed by atoms with Gasteiger partial charge in [-0.3, -0.25) is 4.79 Å². The van der Waals surface area contributed by atoms with Gasteiger partial charge in [-0.25, -0.2) is 0 Å². The molecule has 0 aromatic rings. The van der Waals surface area contributed by atoms with Crippen LogP contribution in [0.5, 0.6) is 0 Å². The van der Waals surface area contributed by atoms with Crippen LogP contribution in [0.3, 0.4) is 0 Å². The average molecular weight is 425 g/mol. The molecule has 5 aliphatic carbocycles. The van der Waals surface area contributed by atoms with Gasteiger partial charge in [-0.05, 0) is 103 Å². The zero-order valence-corrected chi connectivity index (χ0v) is 21.8. The highest BCUT2D eigenvalue weighted by Gasteiger charge is 2.67. The van der Waals surface area contributed by atoms with E-state index >= 15 is 0 Å². The lowest BCUT2D eigenvalue weighted by molar-refractivity contribution is -0.184. The Balaban J connectivity index is 1.58. The number of carbonyl (C=O) groups excluding carboxylic acids is 1. The normalized spacial score (nSPS) is 52.8. The van der Waals surface area contributed by atoms with Crippen molar-refractivity contribution >= 4 is 5.78 Å². The van der Waals surface area contributed by atoms with Gasteiger partial charge in [0, 0.05) is 11.8 Å². The van der Waals surface area contributed by atoms with Crippen LogP contribution in [0.25, 0.3) is 0 Å². The third kappa shape index (κ3) is 2.70. The minimum atomic E-state index is -0.141. The Hall–Kier alpha value is -0.590. The van der Waals surface area contributed by atoms with Gasteiger partial charge in [0.05, 0.1) is 0 Å². The molecule has 0 heterocycles. The van der Waals surface area contributed by atoms with Gasteiger partial charge in [-0.15, -0.1) is 0 Å². The standard InChI is InChI=1S/C30H48O/c1-25(2)15-16-27(5)17-18-29(7)20(21(27)19-25)9-10-23-28(6)13-12-24(31)26(3,4)22(28)11-14-30(23,29)8/h9,21-23H,10-19H2,1-8H3/t21-,22+,23+,27-,28+,29-,30+/m1/s1. The van der Waals surface area contributed by atoms with Crippen LogP contribution in [-0.2, 0) is 4.79 Å². The lowest BCUT2D eigenvalue weighted by Crippen LogP contribution is -2.64. The smallest absolute Gasteiger partial charge is 0.138 e. The number of hydrogen-bond acceptors (Lipinski definition) is 1. The monoisotopic (exact) mass is 424 g/mol. The van der Waals surface area contributed by atoms with E-state index in [0.717, 1.165) is 24.7 Å². The summed E-state index contributed by atoms with van der Waals surface area (Å²) in [7, 11) is 0. The van der Waals surface area contributed by atoms with Crippen molar-refractivity contribution in [2.45, 2.75) is 120 Å². The van der Waals surface area contributed by atoms with Crippen molar-refractivity contribution in [2.75, 3.05) is 0 Å². The number of ketones is 1. The molecule has 0 saturated heterocycles. The predicted octanol–water partition coefficient (Wildman–Crippen LogP) is 8.38. The van der Waals surface area contributed by atoms with E-state index < -0.39 is 0 Å². The van der Waals surface area contributed by atoms with Crippen molar-refractivity contribution in [1.82, 2.24) is 0 Å². The lowest BCUT2D eigenvalue weighted by atomic mass is 9.34. The van der Waals surface area contributed by atoms with Gasteiger partial charge in [-0.1, -0.05) is 67.0 Å². The topological polar surface area (TPSA) is 17.1 Å². The summed E-state index contributed by atoms with van der Waals surface area (Å²) in [5, 5.41) is 0. The van der Waals surface area contributed by atoms with Gasteiger partial charge < -0.3 is 0 Å². The molecule has 0 bridgehead atoms. The Bertz CT molecular complexity index is 831. The molecule has 4 saturated carbocycles. The maximum absolute atomic E-state index is 12.9.